The number of aromatic amines is 1. The third-order valence-corrected chi connectivity index (χ3v) is 4.45. The number of benzene rings is 1. The smallest absolute Gasteiger partial charge is 0.263 e. The summed E-state index contributed by atoms with van der Waals surface area (Å²) in [6, 6.07) is 6.83. The van der Waals surface area contributed by atoms with Crippen LogP contribution >= 0.6 is 11.3 Å². The molecule has 0 spiro atoms. The molecule has 1 aromatic carbocycles. The predicted octanol–water partition coefficient (Wildman–Crippen LogP) is 2.43. The van der Waals surface area contributed by atoms with Gasteiger partial charge in [0.15, 0.2) is 5.82 Å². The monoisotopic (exact) mass is 279 g/mol. The van der Waals surface area contributed by atoms with Gasteiger partial charge in [0.05, 0.1) is 10.4 Å². The molecule has 0 aliphatic heterocycles. The SMILES string of the molecule is O=S(=O)(Nc1cscn1)c1ccc2cc[nH]c2c1. The van der Waals surface area contributed by atoms with Crippen LogP contribution in [0.3, 0.4) is 0 Å². The molecule has 0 radical (unpaired) electrons. The Morgan fingerprint density at radius 3 is 2.94 bits per heavy atom. The zero-order valence-corrected chi connectivity index (χ0v) is 10.8. The normalized spacial score (nSPS) is 11.8. The summed E-state index contributed by atoms with van der Waals surface area (Å²) >= 11 is 1.34. The fourth-order valence-electron chi connectivity index (χ4n) is 1.65. The molecule has 3 aromatic rings. The maximum Gasteiger partial charge on any atom is 0.263 e. The second-order valence-electron chi connectivity index (χ2n) is 3.71. The molecule has 3 rings (SSSR count). The standard InChI is InChI=1S/C11H9N3O2S2/c15-18(16,14-11-6-17-7-13-11)9-2-1-8-3-4-12-10(8)5-9/h1-7,12,14H. The van der Waals surface area contributed by atoms with Gasteiger partial charge in [-0.2, -0.15) is 0 Å². The van der Waals surface area contributed by atoms with Crippen molar-refractivity contribution in [2.45, 2.75) is 4.90 Å². The lowest BCUT2D eigenvalue weighted by molar-refractivity contribution is 0.601. The number of hydrogen-bond donors (Lipinski definition) is 2. The fourth-order valence-corrected chi connectivity index (χ4v) is 3.24. The number of anilines is 1. The zero-order chi connectivity index (χ0) is 12.6. The molecule has 0 fully saturated rings. The molecular weight excluding hydrogens is 270 g/mol. The molecule has 0 saturated heterocycles. The molecule has 7 heteroatoms. The Hall–Kier alpha value is -1.86. The summed E-state index contributed by atoms with van der Waals surface area (Å²) in [6.07, 6.45) is 1.77. The van der Waals surface area contributed by atoms with E-state index in [1.165, 1.54) is 11.3 Å². The summed E-state index contributed by atoms with van der Waals surface area (Å²) in [6.45, 7) is 0. The first-order chi connectivity index (χ1) is 8.65. The third-order valence-electron chi connectivity index (χ3n) is 2.51. The number of nitrogens with zero attached hydrogens (tertiary/aromatic N) is 1. The molecule has 2 aromatic heterocycles. The first kappa shape index (κ1) is 11.2. The second-order valence-corrected chi connectivity index (χ2v) is 6.11. The van der Waals surface area contributed by atoms with Crippen LogP contribution in [0.15, 0.2) is 46.2 Å². The Morgan fingerprint density at radius 1 is 1.28 bits per heavy atom. The molecule has 5 nitrogen and oxygen atoms in total. The van der Waals surface area contributed by atoms with E-state index >= 15 is 0 Å². The van der Waals surface area contributed by atoms with Gasteiger partial charge in [-0.3, -0.25) is 4.72 Å². The Bertz CT molecular complexity index is 776. The number of nitrogens with one attached hydrogen (secondary N) is 2. The molecule has 0 saturated carbocycles. The number of H-pyrrole nitrogens is 1. The van der Waals surface area contributed by atoms with Crippen molar-refractivity contribution in [2.75, 3.05) is 4.72 Å². The largest absolute Gasteiger partial charge is 0.361 e. The van der Waals surface area contributed by atoms with Crippen LogP contribution in [-0.2, 0) is 10.0 Å². The van der Waals surface area contributed by atoms with Crippen molar-refractivity contribution < 1.29 is 8.42 Å². The first-order valence-electron chi connectivity index (χ1n) is 5.13. The molecule has 0 aliphatic carbocycles. The van der Waals surface area contributed by atoms with Crippen molar-refractivity contribution >= 4 is 38.1 Å². The quantitative estimate of drug-likeness (QED) is 0.773. The maximum atomic E-state index is 12.1. The van der Waals surface area contributed by atoms with E-state index in [4.69, 9.17) is 0 Å². The van der Waals surface area contributed by atoms with E-state index in [2.05, 4.69) is 14.7 Å². The Balaban J connectivity index is 2.02. The van der Waals surface area contributed by atoms with Gasteiger partial charge in [-0.05, 0) is 23.6 Å². The Labute approximate surface area is 108 Å². The topological polar surface area (TPSA) is 74.8 Å². The summed E-state index contributed by atoms with van der Waals surface area (Å²) in [5.41, 5.74) is 2.36. The van der Waals surface area contributed by atoms with E-state index in [0.29, 0.717) is 5.82 Å². The third kappa shape index (κ3) is 1.98. The Morgan fingerprint density at radius 2 is 2.17 bits per heavy atom. The summed E-state index contributed by atoms with van der Waals surface area (Å²) < 4.78 is 26.6. The van der Waals surface area contributed by atoms with Crippen LogP contribution < -0.4 is 4.72 Å². The van der Waals surface area contributed by atoms with Gasteiger partial charge in [0.1, 0.15) is 0 Å². The highest BCUT2D eigenvalue weighted by Gasteiger charge is 2.15. The molecule has 2 N–H and O–H groups in total. The lowest BCUT2D eigenvalue weighted by Gasteiger charge is -2.05. The van der Waals surface area contributed by atoms with E-state index in [-0.39, 0.29) is 4.90 Å². The van der Waals surface area contributed by atoms with Crippen LogP contribution in [0, 0.1) is 0 Å². The van der Waals surface area contributed by atoms with Crippen molar-refractivity contribution in [1.82, 2.24) is 9.97 Å². The average Bonchev–Trinajstić information content (AvgIpc) is 2.97. The molecule has 0 amide bonds. The highest BCUT2D eigenvalue weighted by atomic mass is 32.2. The lowest BCUT2D eigenvalue weighted by Crippen LogP contribution is -2.12. The minimum atomic E-state index is -3.58. The van der Waals surface area contributed by atoms with Crippen LogP contribution in [0.5, 0.6) is 0 Å². The van der Waals surface area contributed by atoms with E-state index in [0.717, 1.165) is 10.9 Å². The minimum absolute atomic E-state index is 0.213. The molecule has 18 heavy (non-hydrogen) atoms. The number of rotatable bonds is 3. The highest BCUT2D eigenvalue weighted by Crippen LogP contribution is 2.20. The van der Waals surface area contributed by atoms with Gasteiger partial charge >= 0.3 is 0 Å². The molecule has 0 aliphatic rings. The summed E-state index contributed by atoms with van der Waals surface area (Å²) in [4.78, 5) is 7.10. The predicted molar refractivity (Wildman–Crippen MR) is 71.2 cm³/mol. The van der Waals surface area contributed by atoms with Gasteiger partial charge in [0, 0.05) is 17.1 Å². The average molecular weight is 279 g/mol. The molecule has 2 heterocycles. The van der Waals surface area contributed by atoms with Crippen molar-refractivity contribution in [1.29, 1.82) is 0 Å². The van der Waals surface area contributed by atoms with Crippen LogP contribution in [0.4, 0.5) is 5.82 Å². The van der Waals surface area contributed by atoms with Gasteiger partial charge < -0.3 is 4.98 Å². The number of sulfonamides is 1. The van der Waals surface area contributed by atoms with Crippen LogP contribution in [-0.4, -0.2) is 18.4 Å². The molecule has 0 unspecified atom stereocenters. The van der Waals surface area contributed by atoms with Crippen LogP contribution in [0.2, 0.25) is 0 Å². The van der Waals surface area contributed by atoms with E-state index in [9.17, 15) is 8.42 Å². The van der Waals surface area contributed by atoms with Gasteiger partial charge in [-0.15, -0.1) is 11.3 Å². The summed E-state index contributed by atoms with van der Waals surface area (Å²) in [5, 5.41) is 2.62. The second kappa shape index (κ2) is 4.11. The van der Waals surface area contributed by atoms with Crippen molar-refractivity contribution in [3.8, 4) is 0 Å². The van der Waals surface area contributed by atoms with Gasteiger partial charge in [0.2, 0.25) is 0 Å². The number of thiazole rings is 1. The van der Waals surface area contributed by atoms with Gasteiger partial charge in [-0.1, -0.05) is 6.07 Å². The summed E-state index contributed by atoms with van der Waals surface area (Å²) in [5.74, 6) is 0.339. The number of aromatic nitrogens is 2. The zero-order valence-electron chi connectivity index (χ0n) is 9.12. The number of hydrogen-bond acceptors (Lipinski definition) is 4. The molecule has 0 atom stereocenters. The Kier molecular flexibility index (Phi) is 2.57. The van der Waals surface area contributed by atoms with E-state index in [1.807, 2.05) is 6.07 Å². The van der Waals surface area contributed by atoms with E-state index < -0.39 is 10.0 Å². The van der Waals surface area contributed by atoms with Crippen molar-refractivity contribution in [2.24, 2.45) is 0 Å². The fraction of sp³-hybridized carbons (Fsp3) is 0. The lowest BCUT2D eigenvalue weighted by atomic mass is 10.2. The van der Waals surface area contributed by atoms with Gasteiger partial charge in [0.25, 0.3) is 10.0 Å². The number of fused-ring (bicyclic) bond motifs is 1. The highest BCUT2D eigenvalue weighted by molar-refractivity contribution is 7.92. The first-order valence-corrected chi connectivity index (χ1v) is 7.56. The molecular formula is C11H9N3O2S2. The van der Waals surface area contributed by atoms with Crippen LogP contribution in [0.1, 0.15) is 0 Å². The molecule has 0 bridgehead atoms. The minimum Gasteiger partial charge on any atom is -0.361 e. The van der Waals surface area contributed by atoms with Crippen molar-refractivity contribution in [3.05, 3.63) is 41.4 Å². The van der Waals surface area contributed by atoms with Gasteiger partial charge in [-0.25, -0.2) is 13.4 Å². The maximum absolute atomic E-state index is 12.1. The summed E-state index contributed by atoms with van der Waals surface area (Å²) in [7, 11) is -3.58. The van der Waals surface area contributed by atoms with E-state index in [1.54, 1.807) is 35.3 Å². The van der Waals surface area contributed by atoms with Crippen molar-refractivity contribution in [3.63, 3.8) is 0 Å². The van der Waals surface area contributed by atoms with Crippen LogP contribution in [0.25, 0.3) is 10.9 Å². The molecule has 92 valence electrons.